The Labute approximate surface area is 118 Å². The summed E-state index contributed by atoms with van der Waals surface area (Å²) in [5, 5.41) is 9.81. The van der Waals surface area contributed by atoms with Crippen LogP contribution in [0.3, 0.4) is 0 Å². The van der Waals surface area contributed by atoms with E-state index < -0.39 is 0 Å². The van der Waals surface area contributed by atoms with Crippen molar-refractivity contribution in [2.45, 2.75) is 38.5 Å². The van der Waals surface area contributed by atoms with Gasteiger partial charge in [0.1, 0.15) is 0 Å². The SMILES string of the molecule is CC(N)C(c1ccc(Cl)s1)N1CCC(O)C(C)C1. The molecule has 0 saturated carbocycles. The molecule has 1 saturated heterocycles. The van der Waals surface area contributed by atoms with Crippen molar-refractivity contribution in [3.05, 3.63) is 21.3 Å². The molecule has 102 valence electrons. The van der Waals surface area contributed by atoms with Gasteiger partial charge in [0, 0.05) is 24.0 Å². The average Bonchev–Trinajstić information content (AvgIpc) is 2.70. The van der Waals surface area contributed by atoms with Gasteiger partial charge in [-0.15, -0.1) is 11.3 Å². The van der Waals surface area contributed by atoms with Gasteiger partial charge >= 0.3 is 0 Å². The third kappa shape index (κ3) is 3.06. The molecule has 0 aromatic carbocycles. The number of aliphatic hydroxyl groups excluding tert-OH is 1. The number of hydrogen-bond donors (Lipinski definition) is 2. The monoisotopic (exact) mass is 288 g/mol. The first-order valence-electron chi connectivity index (χ1n) is 6.42. The third-order valence-corrected chi connectivity index (χ3v) is 4.97. The zero-order valence-corrected chi connectivity index (χ0v) is 12.4. The Morgan fingerprint density at radius 1 is 1.56 bits per heavy atom. The minimum atomic E-state index is -0.179. The summed E-state index contributed by atoms with van der Waals surface area (Å²) in [6.45, 7) is 5.92. The normalized spacial score (nSPS) is 29.2. The van der Waals surface area contributed by atoms with E-state index in [0.29, 0.717) is 5.92 Å². The van der Waals surface area contributed by atoms with Crippen LogP contribution in [0.1, 0.15) is 31.2 Å². The Hall–Kier alpha value is -0.130. The first-order chi connectivity index (χ1) is 8.49. The van der Waals surface area contributed by atoms with Crippen molar-refractivity contribution >= 4 is 22.9 Å². The number of halogens is 1. The van der Waals surface area contributed by atoms with Crippen molar-refractivity contribution < 1.29 is 5.11 Å². The molecule has 4 unspecified atom stereocenters. The second-order valence-electron chi connectivity index (χ2n) is 5.27. The standard InChI is InChI=1S/C13H21ClN2OS/c1-8-7-16(6-5-10(8)17)13(9(2)15)11-3-4-12(14)18-11/h3-4,8-10,13,17H,5-7,15H2,1-2H3. The summed E-state index contributed by atoms with van der Waals surface area (Å²) in [6.07, 6.45) is 0.644. The van der Waals surface area contributed by atoms with Crippen molar-refractivity contribution in [2.24, 2.45) is 11.7 Å². The lowest BCUT2D eigenvalue weighted by atomic mass is 9.94. The van der Waals surface area contributed by atoms with E-state index in [4.69, 9.17) is 17.3 Å². The van der Waals surface area contributed by atoms with Gasteiger partial charge in [-0.2, -0.15) is 0 Å². The maximum Gasteiger partial charge on any atom is 0.0931 e. The van der Waals surface area contributed by atoms with Gasteiger partial charge in [-0.3, -0.25) is 4.90 Å². The zero-order valence-electron chi connectivity index (χ0n) is 10.8. The van der Waals surface area contributed by atoms with Crippen LogP contribution < -0.4 is 5.73 Å². The molecule has 1 aliphatic rings. The third-order valence-electron chi connectivity index (χ3n) is 3.67. The lowest BCUT2D eigenvalue weighted by Crippen LogP contribution is -2.47. The van der Waals surface area contributed by atoms with Gasteiger partial charge in [0.15, 0.2) is 0 Å². The van der Waals surface area contributed by atoms with Gasteiger partial charge in [0.05, 0.1) is 16.5 Å². The van der Waals surface area contributed by atoms with Gasteiger partial charge < -0.3 is 10.8 Å². The van der Waals surface area contributed by atoms with E-state index in [1.54, 1.807) is 11.3 Å². The Bertz CT molecular complexity index is 396. The molecule has 1 aromatic heterocycles. The van der Waals surface area contributed by atoms with Crippen LogP contribution in [0.15, 0.2) is 12.1 Å². The number of piperidine rings is 1. The van der Waals surface area contributed by atoms with Gasteiger partial charge in [-0.1, -0.05) is 18.5 Å². The maximum atomic E-state index is 9.81. The maximum absolute atomic E-state index is 9.81. The molecule has 1 aliphatic heterocycles. The number of hydrogen-bond acceptors (Lipinski definition) is 4. The molecule has 0 spiro atoms. The summed E-state index contributed by atoms with van der Waals surface area (Å²) in [4.78, 5) is 3.60. The predicted octanol–water partition coefficient (Wildman–Crippen LogP) is 2.49. The topological polar surface area (TPSA) is 49.5 Å². The number of likely N-dealkylation sites (tertiary alicyclic amines) is 1. The largest absolute Gasteiger partial charge is 0.393 e. The van der Waals surface area contributed by atoms with E-state index in [2.05, 4.69) is 17.9 Å². The molecule has 5 heteroatoms. The minimum absolute atomic E-state index is 0.0576. The quantitative estimate of drug-likeness (QED) is 0.898. The van der Waals surface area contributed by atoms with E-state index in [9.17, 15) is 5.11 Å². The number of nitrogens with two attached hydrogens (primary N) is 1. The highest BCUT2D eigenvalue weighted by molar-refractivity contribution is 7.16. The van der Waals surface area contributed by atoms with E-state index in [0.717, 1.165) is 23.8 Å². The average molecular weight is 289 g/mol. The van der Waals surface area contributed by atoms with Crippen LogP contribution in [0.4, 0.5) is 0 Å². The van der Waals surface area contributed by atoms with Crippen LogP contribution in [-0.4, -0.2) is 35.2 Å². The second kappa shape index (κ2) is 5.88. The summed E-state index contributed by atoms with van der Waals surface area (Å²) in [7, 11) is 0. The Kier molecular flexibility index (Phi) is 4.67. The van der Waals surface area contributed by atoms with E-state index in [-0.39, 0.29) is 18.2 Å². The van der Waals surface area contributed by atoms with E-state index >= 15 is 0 Å². The lowest BCUT2D eigenvalue weighted by molar-refractivity contribution is 0.0133. The molecular weight excluding hydrogens is 268 g/mol. The number of aliphatic hydroxyl groups is 1. The summed E-state index contributed by atoms with van der Waals surface area (Å²) in [5.74, 6) is 0.301. The first-order valence-corrected chi connectivity index (χ1v) is 7.61. The van der Waals surface area contributed by atoms with Crippen LogP contribution in [0.25, 0.3) is 0 Å². The smallest absolute Gasteiger partial charge is 0.0931 e. The number of thiophene rings is 1. The second-order valence-corrected chi connectivity index (χ2v) is 7.02. The van der Waals surface area contributed by atoms with E-state index in [1.807, 2.05) is 13.0 Å². The fraction of sp³-hybridized carbons (Fsp3) is 0.692. The van der Waals surface area contributed by atoms with Crippen LogP contribution >= 0.6 is 22.9 Å². The van der Waals surface area contributed by atoms with E-state index in [1.165, 1.54) is 4.88 Å². The van der Waals surface area contributed by atoms with Crippen molar-refractivity contribution in [3.63, 3.8) is 0 Å². The molecule has 1 aromatic rings. The molecule has 0 radical (unpaired) electrons. The Morgan fingerprint density at radius 2 is 2.28 bits per heavy atom. The number of nitrogens with zero attached hydrogens (tertiary/aromatic N) is 1. The predicted molar refractivity (Wildman–Crippen MR) is 77.1 cm³/mol. The molecule has 4 atom stereocenters. The fourth-order valence-electron chi connectivity index (χ4n) is 2.68. The molecule has 0 aliphatic carbocycles. The summed E-state index contributed by atoms with van der Waals surface area (Å²) < 4.78 is 0.806. The van der Waals surface area contributed by atoms with Crippen molar-refractivity contribution in [3.8, 4) is 0 Å². The molecule has 2 rings (SSSR count). The molecule has 2 heterocycles. The first kappa shape index (κ1) is 14.3. The van der Waals surface area contributed by atoms with Gasteiger partial charge in [-0.25, -0.2) is 0 Å². The highest BCUT2D eigenvalue weighted by atomic mass is 35.5. The molecule has 0 bridgehead atoms. The number of rotatable bonds is 3. The summed E-state index contributed by atoms with van der Waals surface area (Å²) in [6, 6.07) is 4.26. The van der Waals surface area contributed by atoms with Crippen LogP contribution in [0.2, 0.25) is 4.34 Å². The van der Waals surface area contributed by atoms with Crippen molar-refractivity contribution in [2.75, 3.05) is 13.1 Å². The molecular formula is C13H21ClN2OS. The van der Waals surface area contributed by atoms with Crippen LogP contribution in [0.5, 0.6) is 0 Å². The zero-order chi connectivity index (χ0) is 13.3. The van der Waals surface area contributed by atoms with Gasteiger partial charge in [-0.05, 0) is 31.4 Å². The summed E-state index contributed by atoms with van der Waals surface area (Å²) >= 11 is 7.62. The van der Waals surface area contributed by atoms with Crippen LogP contribution in [-0.2, 0) is 0 Å². The van der Waals surface area contributed by atoms with Gasteiger partial charge in [0.25, 0.3) is 0 Å². The fourth-order valence-corrected chi connectivity index (χ4v) is 3.99. The lowest BCUT2D eigenvalue weighted by Gasteiger charge is -2.40. The molecule has 18 heavy (non-hydrogen) atoms. The Morgan fingerprint density at radius 3 is 2.78 bits per heavy atom. The minimum Gasteiger partial charge on any atom is -0.393 e. The Balaban J connectivity index is 2.16. The van der Waals surface area contributed by atoms with Crippen LogP contribution in [0, 0.1) is 5.92 Å². The highest BCUT2D eigenvalue weighted by Crippen LogP contribution is 2.34. The van der Waals surface area contributed by atoms with Crippen molar-refractivity contribution in [1.82, 2.24) is 4.90 Å². The van der Waals surface area contributed by atoms with Gasteiger partial charge in [0.2, 0.25) is 0 Å². The molecule has 3 nitrogen and oxygen atoms in total. The molecule has 3 N–H and O–H groups in total. The summed E-state index contributed by atoms with van der Waals surface area (Å²) in [5.41, 5.74) is 6.15. The molecule has 1 fully saturated rings. The molecule has 0 amide bonds. The van der Waals surface area contributed by atoms with Crippen molar-refractivity contribution in [1.29, 1.82) is 0 Å². The highest BCUT2D eigenvalue weighted by Gasteiger charge is 2.32.